The van der Waals surface area contributed by atoms with Crippen molar-refractivity contribution >= 4 is 34.9 Å². The van der Waals surface area contributed by atoms with E-state index in [4.69, 9.17) is 36.7 Å². The summed E-state index contributed by atoms with van der Waals surface area (Å²) in [4.78, 5) is 20.5. The van der Waals surface area contributed by atoms with Crippen LogP contribution in [-0.4, -0.2) is 64.2 Å². The van der Waals surface area contributed by atoms with E-state index in [2.05, 4.69) is 15.3 Å². The second kappa shape index (κ2) is 9.27. The summed E-state index contributed by atoms with van der Waals surface area (Å²) in [6.45, 7) is 5.65. The fourth-order valence-electron chi connectivity index (χ4n) is 3.62. The first-order chi connectivity index (χ1) is 13.8. The van der Waals surface area contributed by atoms with Gasteiger partial charge in [0.05, 0.1) is 30.6 Å². The van der Waals surface area contributed by atoms with Crippen LogP contribution in [0, 0.1) is 4.91 Å². The summed E-state index contributed by atoms with van der Waals surface area (Å²) in [7, 11) is 0. The third-order valence-electron chi connectivity index (χ3n) is 4.72. The number of anilines is 2. The zero-order valence-corrected chi connectivity index (χ0v) is 18.1. The molecule has 29 heavy (non-hydrogen) atoms. The third-order valence-corrected chi connectivity index (χ3v) is 6.06. The van der Waals surface area contributed by atoms with Gasteiger partial charge in [-0.15, -0.1) is 4.91 Å². The van der Waals surface area contributed by atoms with Gasteiger partial charge in [-0.1, -0.05) is 30.3 Å². The summed E-state index contributed by atoms with van der Waals surface area (Å²) in [5.41, 5.74) is 6.16. The first-order valence-corrected chi connectivity index (χ1v) is 10.8. The van der Waals surface area contributed by atoms with E-state index in [0.29, 0.717) is 11.6 Å². The Morgan fingerprint density at radius 2 is 2.14 bits per heavy atom. The van der Waals surface area contributed by atoms with Gasteiger partial charge in [-0.05, 0) is 20.3 Å². The van der Waals surface area contributed by atoms with Crippen LogP contribution in [0.1, 0.15) is 33.6 Å². The molecule has 1 saturated carbocycles. The van der Waals surface area contributed by atoms with Gasteiger partial charge in [0, 0.05) is 12.2 Å². The molecule has 0 unspecified atom stereocenters. The van der Waals surface area contributed by atoms with Gasteiger partial charge in [-0.3, -0.25) is 0 Å². The summed E-state index contributed by atoms with van der Waals surface area (Å²) in [6.07, 6.45) is 0.0212. The van der Waals surface area contributed by atoms with E-state index in [1.54, 1.807) is 13.8 Å². The van der Waals surface area contributed by atoms with Crippen LogP contribution >= 0.6 is 23.4 Å². The molecule has 10 nitrogen and oxygen atoms in total. The van der Waals surface area contributed by atoms with Crippen molar-refractivity contribution in [2.45, 2.75) is 68.9 Å². The molecular weight excluding hydrogens is 422 g/mol. The predicted octanol–water partition coefficient (Wildman–Crippen LogP) is 2.37. The van der Waals surface area contributed by atoms with Crippen molar-refractivity contribution in [3.63, 3.8) is 0 Å². The minimum Gasteiger partial charge on any atom is -0.394 e. The second-order valence-electron chi connectivity index (χ2n) is 7.31. The highest BCUT2D eigenvalue weighted by molar-refractivity contribution is 7.99. The van der Waals surface area contributed by atoms with Gasteiger partial charge in [-0.2, -0.15) is 0 Å². The molecule has 1 aromatic heterocycles. The van der Waals surface area contributed by atoms with E-state index in [1.165, 1.54) is 16.8 Å². The smallest absolute Gasteiger partial charge is 0.191 e. The van der Waals surface area contributed by atoms with Crippen molar-refractivity contribution in [3.05, 3.63) is 10.1 Å². The Hall–Kier alpha value is -1.24. The quantitative estimate of drug-likeness (QED) is 0.191. The van der Waals surface area contributed by atoms with Crippen LogP contribution in [-0.2, 0) is 14.2 Å². The summed E-state index contributed by atoms with van der Waals surface area (Å²) < 4.78 is 17.7. The maximum Gasteiger partial charge on any atom is 0.191 e. The van der Waals surface area contributed by atoms with Crippen LogP contribution in [0.4, 0.5) is 11.5 Å². The zero-order valence-electron chi connectivity index (χ0n) is 16.6. The molecule has 0 spiro atoms. The Kier molecular flexibility index (Phi) is 7.18. The Labute approximate surface area is 178 Å². The van der Waals surface area contributed by atoms with Crippen LogP contribution in [0.5, 0.6) is 0 Å². The molecule has 0 aromatic carbocycles. The van der Waals surface area contributed by atoms with E-state index in [9.17, 15) is 4.91 Å². The lowest BCUT2D eigenvalue weighted by molar-refractivity contribution is -0.168. The largest absolute Gasteiger partial charge is 0.394 e. The van der Waals surface area contributed by atoms with Gasteiger partial charge < -0.3 is 25.1 Å². The molecule has 1 saturated heterocycles. The second-order valence-corrected chi connectivity index (χ2v) is 8.73. The number of nitrogens with zero attached hydrogens (tertiary/aromatic N) is 4. The Morgan fingerprint density at radius 3 is 2.79 bits per heavy atom. The molecule has 2 heterocycles. The summed E-state index contributed by atoms with van der Waals surface area (Å²) in [6, 6.07) is -0.528. The number of hydrogen-bond donors (Lipinski definition) is 2. The van der Waals surface area contributed by atoms with Gasteiger partial charge in [-0.25, -0.2) is 15.0 Å². The van der Waals surface area contributed by atoms with E-state index in [1.807, 2.05) is 6.92 Å². The predicted molar refractivity (Wildman–Crippen MR) is 110 cm³/mol. The van der Waals surface area contributed by atoms with Crippen molar-refractivity contribution in [1.82, 2.24) is 9.97 Å². The number of hydrogen-bond acceptors (Lipinski definition) is 10. The number of fused-ring (bicyclic) bond motifs is 1. The molecule has 2 aliphatic rings. The monoisotopic (exact) mass is 447 g/mol. The number of aliphatic hydroxyl groups excluding tert-OH is 1. The minimum absolute atomic E-state index is 0.0637. The van der Waals surface area contributed by atoms with Crippen molar-refractivity contribution < 1.29 is 19.3 Å². The van der Waals surface area contributed by atoms with E-state index in [-0.39, 0.29) is 36.0 Å². The van der Waals surface area contributed by atoms with Gasteiger partial charge in [0.1, 0.15) is 17.9 Å². The Bertz CT molecular complexity index is 742. The van der Waals surface area contributed by atoms with E-state index in [0.717, 1.165) is 12.2 Å². The normalized spacial score (nSPS) is 27.8. The van der Waals surface area contributed by atoms with Crippen molar-refractivity contribution in [2.24, 2.45) is 5.29 Å². The molecule has 1 aliphatic carbocycles. The number of nitrogens with two attached hydrogens (primary N) is 1. The highest BCUT2D eigenvalue weighted by Gasteiger charge is 2.57. The molecule has 2 fully saturated rings. The number of halogens is 1. The molecule has 3 rings (SSSR count). The first kappa shape index (κ1) is 22.4. The van der Waals surface area contributed by atoms with Gasteiger partial charge >= 0.3 is 0 Å². The number of aromatic nitrogens is 2. The van der Waals surface area contributed by atoms with Crippen LogP contribution in [0.3, 0.4) is 0 Å². The standard InChI is InChI=1S/C17H26ClN5O5S/c1-4-7-29-16-20-14(18)11(19)15(21-16)23(22-25)9-8-10(26-6-5-24)13-12(9)27-17(2,3)28-13/h9-10,12-13,24H,4-8,19H2,1-3H3/t9-,10+,12-,13+/m1/s1. The van der Waals surface area contributed by atoms with Crippen LogP contribution in [0.15, 0.2) is 10.4 Å². The molecule has 12 heteroatoms. The third kappa shape index (κ3) is 4.75. The molecule has 3 N–H and O–H groups in total. The maximum absolute atomic E-state index is 11.9. The topological polar surface area (TPSA) is 132 Å². The van der Waals surface area contributed by atoms with Crippen LogP contribution in [0.25, 0.3) is 0 Å². The number of aliphatic hydroxyl groups is 1. The Morgan fingerprint density at radius 1 is 1.41 bits per heavy atom. The number of nitrogen functional groups attached to an aromatic ring is 1. The first-order valence-electron chi connectivity index (χ1n) is 9.47. The highest BCUT2D eigenvalue weighted by Crippen LogP contribution is 2.44. The number of nitroso groups, excluding NO2 is 1. The fourth-order valence-corrected chi connectivity index (χ4v) is 4.52. The molecule has 4 atom stereocenters. The van der Waals surface area contributed by atoms with Gasteiger partial charge in [0.2, 0.25) is 0 Å². The maximum atomic E-state index is 11.9. The lowest BCUT2D eigenvalue weighted by Gasteiger charge is -2.28. The molecule has 162 valence electrons. The average Bonchev–Trinajstić information content (AvgIpc) is 3.16. The average molecular weight is 448 g/mol. The number of thioether (sulfide) groups is 1. The number of ether oxygens (including phenoxy) is 3. The highest BCUT2D eigenvalue weighted by atomic mass is 35.5. The summed E-state index contributed by atoms with van der Waals surface area (Å²) in [5.74, 6) is 0.0868. The molecule has 1 aliphatic heterocycles. The van der Waals surface area contributed by atoms with Crippen LogP contribution < -0.4 is 10.7 Å². The van der Waals surface area contributed by atoms with Crippen molar-refractivity contribution in [1.29, 1.82) is 0 Å². The van der Waals surface area contributed by atoms with E-state index < -0.39 is 24.0 Å². The van der Waals surface area contributed by atoms with Crippen molar-refractivity contribution in [3.8, 4) is 0 Å². The van der Waals surface area contributed by atoms with Gasteiger partial charge in [0.25, 0.3) is 0 Å². The molecule has 0 amide bonds. The SMILES string of the molecule is CCCSc1nc(Cl)c(N)c(N(N=O)[C@@H]2C[C@H](OCCO)[C@@H]3OC(C)(C)O[C@@H]32)n1. The van der Waals surface area contributed by atoms with Crippen molar-refractivity contribution in [2.75, 3.05) is 29.7 Å². The lowest BCUT2D eigenvalue weighted by atomic mass is 10.2. The Balaban J connectivity index is 1.93. The van der Waals surface area contributed by atoms with Gasteiger partial charge in [0.15, 0.2) is 21.9 Å². The number of rotatable bonds is 9. The lowest BCUT2D eigenvalue weighted by Crippen LogP contribution is -2.41. The molecule has 1 aromatic rings. The van der Waals surface area contributed by atoms with Crippen LogP contribution in [0.2, 0.25) is 5.15 Å². The summed E-state index contributed by atoms with van der Waals surface area (Å²) >= 11 is 7.61. The zero-order chi connectivity index (χ0) is 21.2. The minimum atomic E-state index is -0.847. The summed E-state index contributed by atoms with van der Waals surface area (Å²) in [5, 5.41) is 14.0. The fraction of sp³-hybridized carbons (Fsp3) is 0.765. The van der Waals surface area contributed by atoms with E-state index >= 15 is 0 Å². The molecule has 0 radical (unpaired) electrons. The molecule has 0 bridgehead atoms. The molecular formula is C17H26ClN5O5S.